The van der Waals surface area contributed by atoms with Crippen LogP contribution in [0.15, 0.2) is 42.5 Å². The number of ether oxygens (including phenoxy) is 4. The van der Waals surface area contributed by atoms with Crippen molar-refractivity contribution in [1.82, 2.24) is 0 Å². The Morgan fingerprint density at radius 1 is 1.05 bits per heavy atom. The molecule has 0 radical (unpaired) electrons. The number of halogens is 3. The first-order valence-corrected chi connectivity index (χ1v) is 13.6. The van der Waals surface area contributed by atoms with Crippen LogP contribution in [-0.2, 0) is 22.1 Å². The molecule has 1 aliphatic heterocycles. The zero-order chi connectivity index (χ0) is 29.5. The molecule has 3 aromatic rings. The van der Waals surface area contributed by atoms with E-state index in [1.54, 1.807) is 45.0 Å². The highest BCUT2D eigenvalue weighted by molar-refractivity contribution is 5.80. The van der Waals surface area contributed by atoms with Crippen LogP contribution < -0.4 is 14.2 Å². The first-order valence-electron chi connectivity index (χ1n) is 13.6. The van der Waals surface area contributed by atoms with Gasteiger partial charge in [0.1, 0.15) is 30.0 Å². The number of esters is 1. The zero-order valence-electron chi connectivity index (χ0n) is 23.4. The van der Waals surface area contributed by atoms with E-state index >= 15 is 0 Å². The van der Waals surface area contributed by atoms with Crippen LogP contribution in [0.2, 0.25) is 0 Å². The van der Waals surface area contributed by atoms with E-state index < -0.39 is 23.9 Å². The van der Waals surface area contributed by atoms with Crippen LogP contribution in [-0.4, -0.2) is 37.5 Å². The second kappa shape index (κ2) is 11.3. The molecule has 3 aromatic carbocycles. The number of fused-ring (bicyclic) bond motifs is 2. The fraction of sp³-hybridized carbons (Fsp3) is 0.406. The van der Waals surface area contributed by atoms with Gasteiger partial charge in [-0.2, -0.15) is 13.2 Å². The maximum absolute atomic E-state index is 14.3. The maximum atomic E-state index is 14.3. The number of aryl methyl sites for hydroxylation is 2. The molecule has 3 atom stereocenters. The van der Waals surface area contributed by atoms with Gasteiger partial charge in [0.2, 0.25) is 0 Å². The van der Waals surface area contributed by atoms with E-state index in [1.165, 1.54) is 13.2 Å². The zero-order valence-corrected chi connectivity index (χ0v) is 23.4. The van der Waals surface area contributed by atoms with E-state index in [2.05, 4.69) is 0 Å². The van der Waals surface area contributed by atoms with Gasteiger partial charge in [-0.25, -0.2) is 0 Å². The van der Waals surface area contributed by atoms with Gasteiger partial charge in [0.05, 0.1) is 31.8 Å². The van der Waals surface area contributed by atoms with Crippen LogP contribution in [0.3, 0.4) is 0 Å². The van der Waals surface area contributed by atoms with Crippen LogP contribution >= 0.6 is 0 Å². The van der Waals surface area contributed by atoms with Crippen molar-refractivity contribution in [1.29, 1.82) is 0 Å². The number of hydrogen-bond acceptors (Lipinski definition) is 6. The minimum Gasteiger partial charge on any atom is -0.492 e. The van der Waals surface area contributed by atoms with E-state index in [1.807, 2.05) is 6.07 Å². The third-order valence-electron chi connectivity index (χ3n) is 7.69. The van der Waals surface area contributed by atoms with Crippen molar-refractivity contribution in [3.63, 3.8) is 0 Å². The molecule has 0 spiro atoms. The third-order valence-corrected chi connectivity index (χ3v) is 7.69. The predicted molar refractivity (Wildman–Crippen MR) is 147 cm³/mol. The Balaban J connectivity index is 1.47. The van der Waals surface area contributed by atoms with Crippen LogP contribution in [0.25, 0.3) is 11.1 Å². The van der Waals surface area contributed by atoms with Crippen molar-refractivity contribution in [2.45, 2.75) is 64.3 Å². The fourth-order valence-electron chi connectivity index (χ4n) is 5.88. The average Bonchev–Trinajstić information content (AvgIpc) is 3.50. The Kier molecular flexibility index (Phi) is 7.92. The topological polar surface area (TPSA) is 74.2 Å². The molecular weight excluding hydrogens is 537 g/mol. The number of benzene rings is 3. The Morgan fingerprint density at radius 2 is 1.76 bits per heavy atom. The summed E-state index contributed by atoms with van der Waals surface area (Å²) in [5.74, 6) is 1.27. The lowest BCUT2D eigenvalue weighted by atomic mass is 9.86. The lowest BCUT2D eigenvalue weighted by Crippen LogP contribution is -2.13. The number of carbonyl (C=O) groups is 1. The molecule has 0 aromatic heterocycles. The number of hydrogen-bond donors (Lipinski definition) is 1. The largest absolute Gasteiger partial charge is 0.492 e. The summed E-state index contributed by atoms with van der Waals surface area (Å²) in [4.78, 5) is 11.7. The Morgan fingerprint density at radius 3 is 2.41 bits per heavy atom. The Bertz CT molecular complexity index is 1440. The van der Waals surface area contributed by atoms with Crippen LogP contribution in [0, 0.1) is 13.8 Å². The minimum atomic E-state index is -4.54. The van der Waals surface area contributed by atoms with Crippen LogP contribution in [0.4, 0.5) is 13.2 Å². The van der Waals surface area contributed by atoms with Crippen molar-refractivity contribution < 1.29 is 42.0 Å². The summed E-state index contributed by atoms with van der Waals surface area (Å²) >= 11 is 0. The number of aliphatic hydroxyl groups is 1. The molecule has 0 saturated heterocycles. The smallest absolute Gasteiger partial charge is 0.417 e. The molecule has 0 saturated carbocycles. The van der Waals surface area contributed by atoms with Gasteiger partial charge in [-0.1, -0.05) is 12.1 Å². The molecule has 0 fully saturated rings. The molecule has 1 N–H and O–H groups in total. The monoisotopic (exact) mass is 570 g/mol. The summed E-state index contributed by atoms with van der Waals surface area (Å²) in [6.07, 6.45) is -4.45. The molecule has 0 bridgehead atoms. The van der Waals surface area contributed by atoms with E-state index in [-0.39, 0.29) is 30.5 Å². The number of rotatable bonds is 8. The predicted octanol–water partition coefficient (Wildman–Crippen LogP) is 6.85. The molecule has 218 valence electrons. The summed E-state index contributed by atoms with van der Waals surface area (Å²) in [6, 6.07) is 11.6. The lowest BCUT2D eigenvalue weighted by Gasteiger charge is -2.22. The molecule has 6 nitrogen and oxygen atoms in total. The molecule has 0 amide bonds. The van der Waals surface area contributed by atoms with Gasteiger partial charge in [-0.3, -0.25) is 4.79 Å². The normalized spacial score (nSPS) is 18.3. The number of alkyl halides is 3. The number of carbonyl (C=O) groups excluding carboxylic acids is 1. The van der Waals surface area contributed by atoms with Crippen molar-refractivity contribution in [2.24, 2.45) is 0 Å². The van der Waals surface area contributed by atoms with E-state index in [4.69, 9.17) is 18.9 Å². The van der Waals surface area contributed by atoms with E-state index in [0.29, 0.717) is 59.0 Å². The molecule has 9 heteroatoms. The molecule has 1 unspecified atom stereocenters. The Hall–Kier alpha value is -3.72. The minimum absolute atomic E-state index is 0.0887. The quantitative estimate of drug-likeness (QED) is 0.299. The maximum Gasteiger partial charge on any atom is 0.417 e. The van der Waals surface area contributed by atoms with E-state index in [0.717, 1.165) is 17.2 Å². The second-order valence-corrected chi connectivity index (χ2v) is 10.8. The van der Waals surface area contributed by atoms with E-state index in [9.17, 15) is 23.1 Å². The molecule has 1 heterocycles. The van der Waals surface area contributed by atoms with Crippen LogP contribution in [0.1, 0.15) is 65.2 Å². The highest BCUT2D eigenvalue weighted by Gasteiger charge is 2.39. The first kappa shape index (κ1) is 28.8. The lowest BCUT2D eigenvalue weighted by molar-refractivity contribution is -0.141. The van der Waals surface area contributed by atoms with Gasteiger partial charge < -0.3 is 24.1 Å². The first-order chi connectivity index (χ1) is 19.5. The number of methoxy groups -OCH3 is 1. The molecule has 1 aliphatic carbocycles. The highest BCUT2D eigenvalue weighted by atomic mass is 19.4. The van der Waals surface area contributed by atoms with Gasteiger partial charge in [-0.15, -0.1) is 0 Å². The van der Waals surface area contributed by atoms with Crippen molar-refractivity contribution in [3.05, 3.63) is 75.8 Å². The molecular formula is C32H33F3O6. The summed E-state index contributed by atoms with van der Waals surface area (Å²) in [5.41, 5.74) is 3.61. The third kappa shape index (κ3) is 5.86. The van der Waals surface area contributed by atoms with Crippen molar-refractivity contribution in [2.75, 3.05) is 20.3 Å². The second-order valence-electron chi connectivity index (χ2n) is 10.8. The fourth-order valence-corrected chi connectivity index (χ4v) is 5.88. The van der Waals surface area contributed by atoms with Crippen LogP contribution in [0.5, 0.6) is 17.2 Å². The van der Waals surface area contributed by atoms with Gasteiger partial charge in [-0.05, 0) is 91.3 Å². The van der Waals surface area contributed by atoms with Crippen molar-refractivity contribution >= 4 is 5.97 Å². The van der Waals surface area contributed by atoms with Gasteiger partial charge >= 0.3 is 12.1 Å². The van der Waals surface area contributed by atoms with Gasteiger partial charge in [0, 0.05) is 17.5 Å². The van der Waals surface area contributed by atoms with Gasteiger partial charge in [0.15, 0.2) is 0 Å². The molecule has 41 heavy (non-hydrogen) atoms. The summed E-state index contributed by atoms with van der Waals surface area (Å²) in [7, 11) is 1.35. The summed E-state index contributed by atoms with van der Waals surface area (Å²) in [5, 5.41) is 9.56. The standard InChI is InChI=1S/C32H33F3O6/c1-17-11-22(39-15-19(3)36)12-18(2)30(17)31-25-8-10-27(24(25)7-9-26(31)32(33,34)35)41-21-5-6-23-20(13-29(37)38-4)16-40-28(23)14-21/h5-7,9,11-12,14,19-20,27,36H,8,10,13,15-16H2,1-4H3/t19?,20-,27-/m1/s1. The summed E-state index contributed by atoms with van der Waals surface area (Å²) < 4.78 is 65.5. The molecule has 2 aliphatic rings. The average molecular weight is 571 g/mol. The summed E-state index contributed by atoms with van der Waals surface area (Å²) in [6.45, 7) is 5.61. The van der Waals surface area contributed by atoms with Gasteiger partial charge in [0.25, 0.3) is 0 Å². The molecule has 5 rings (SSSR count). The van der Waals surface area contributed by atoms with Crippen molar-refractivity contribution in [3.8, 4) is 28.4 Å². The Labute approximate surface area is 237 Å². The SMILES string of the molecule is COC(=O)C[C@@H]1COc2cc(O[C@@H]3CCc4c3ccc(C(F)(F)F)c4-c3c(C)cc(OCC(C)O)cc3C)ccc21. The number of aliphatic hydroxyl groups excluding tert-OH is 1. The highest BCUT2D eigenvalue weighted by Crippen LogP contribution is 2.48.